The molecule has 0 atom stereocenters. The molecule has 0 bridgehead atoms. The lowest BCUT2D eigenvalue weighted by molar-refractivity contribution is 1.17. The van der Waals surface area contributed by atoms with E-state index in [4.69, 9.17) is 11.6 Å². The fourth-order valence-corrected chi connectivity index (χ4v) is 2.16. The van der Waals surface area contributed by atoms with Gasteiger partial charge in [0.25, 0.3) is 0 Å². The number of benzene rings is 1. The lowest BCUT2D eigenvalue weighted by Gasteiger charge is -2.09. The third-order valence-electron chi connectivity index (χ3n) is 3.07. The standard InChI is InChI=1S/C17H12ClN3/c1-12-7-5-6-10-15(12)20-17-19-11-14(18)16(21-17)13-8-3-2-4-9-13/h3,5-11H,1H3,(H,19,20,21). The maximum absolute atomic E-state index is 6.19. The van der Waals surface area contributed by atoms with Crippen molar-refractivity contribution in [2.75, 3.05) is 5.32 Å². The normalized spacial score (nSPS) is 10.0. The summed E-state index contributed by atoms with van der Waals surface area (Å²) in [4.78, 5) is 8.72. The van der Waals surface area contributed by atoms with Gasteiger partial charge < -0.3 is 5.32 Å². The molecule has 4 heteroatoms. The van der Waals surface area contributed by atoms with Crippen LogP contribution in [-0.4, -0.2) is 9.97 Å². The molecule has 102 valence electrons. The average Bonchev–Trinajstić information content (AvgIpc) is 2.52. The Morgan fingerprint density at radius 2 is 2.00 bits per heavy atom. The van der Waals surface area contributed by atoms with Gasteiger partial charge >= 0.3 is 0 Å². The second-order valence-corrected chi connectivity index (χ2v) is 4.96. The average molecular weight is 294 g/mol. The minimum Gasteiger partial charge on any atom is -0.324 e. The molecule has 0 amide bonds. The Bertz CT molecular complexity index is 757. The van der Waals surface area contributed by atoms with Gasteiger partial charge in [-0.05, 0) is 36.8 Å². The number of para-hydroxylation sites is 1. The molecule has 0 fully saturated rings. The minimum absolute atomic E-state index is 0.505. The van der Waals surface area contributed by atoms with Crippen LogP contribution in [0.4, 0.5) is 11.6 Å². The quantitative estimate of drug-likeness (QED) is 0.775. The molecule has 21 heavy (non-hydrogen) atoms. The number of aromatic nitrogens is 2. The van der Waals surface area contributed by atoms with Gasteiger partial charge in [-0.15, -0.1) is 0 Å². The summed E-state index contributed by atoms with van der Waals surface area (Å²) in [5.41, 5.74) is 3.65. The number of aryl methyl sites for hydroxylation is 1. The summed E-state index contributed by atoms with van der Waals surface area (Å²) >= 11 is 6.19. The van der Waals surface area contributed by atoms with Gasteiger partial charge in [-0.25, -0.2) is 9.97 Å². The monoisotopic (exact) mass is 293 g/mol. The van der Waals surface area contributed by atoms with Crippen LogP contribution in [0, 0.1) is 19.1 Å². The highest BCUT2D eigenvalue weighted by Crippen LogP contribution is 2.26. The van der Waals surface area contributed by atoms with E-state index in [9.17, 15) is 0 Å². The molecule has 0 spiro atoms. The number of nitrogens with zero attached hydrogens (tertiary/aromatic N) is 2. The Morgan fingerprint density at radius 3 is 2.76 bits per heavy atom. The van der Waals surface area contributed by atoms with Gasteiger partial charge in [0, 0.05) is 11.3 Å². The SMILES string of the molecule is Cc1ccccc1Nc1ncc(Cl)c(-c2cc#ccc2)n1. The third-order valence-corrected chi connectivity index (χ3v) is 3.34. The summed E-state index contributed by atoms with van der Waals surface area (Å²) in [7, 11) is 0. The fourth-order valence-electron chi connectivity index (χ4n) is 1.96. The first kappa shape index (κ1) is 13.4. The first-order chi connectivity index (χ1) is 10.2. The van der Waals surface area contributed by atoms with Crippen molar-refractivity contribution in [2.45, 2.75) is 6.92 Å². The van der Waals surface area contributed by atoms with Crippen LogP contribution in [0.2, 0.25) is 5.02 Å². The van der Waals surface area contributed by atoms with Crippen LogP contribution in [0.1, 0.15) is 5.56 Å². The molecule has 0 saturated heterocycles. The van der Waals surface area contributed by atoms with E-state index in [1.54, 1.807) is 18.3 Å². The third kappa shape index (κ3) is 2.96. The Balaban J connectivity index is 1.97. The Morgan fingerprint density at radius 1 is 1.14 bits per heavy atom. The molecule has 1 aromatic heterocycles. The van der Waals surface area contributed by atoms with E-state index in [-0.39, 0.29) is 0 Å². The summed E-state index contributed by atoms with van der Waals surface area (Å²) in [5.74, 6) is 0.511. The Hall–Kier alpha value is -2.57. The van der Waals surface area contributed by atoms with Gasteiger partial charge in [0.15, 0.2) is 0 Å². The number of hydrogen-bond donors (Lipinski definition) is 1. The fraction of sp³-hybridized carbons (Fsp3) is 0.0588. The first-order valence-corrected chi connectivity index (χ1v) is 6.85. The molecule has 0 unspecified atom stereocenters. The summed E-state index contributed by atoms with van der Waals surface area (Å²) in [6.07, 6.45) is 1.60. The zero-order chi connectivity index (χ0) is 14.7. The van der Waals surface area contributed by atoms with Gasteiger partial charge in [0.05, 0.1) is 16.9 Å². The lowest BCUT2D eigenvalue weighted by atomic mass is 10.2. The number of halogens is 1. The van der Waals surface area contributed by atoms with E-state index in [0.717, 1.165) is 16.8 Å². The van der Waals surface area contributed by atoms with Crippen molar-refractivity contribution in [3.8, 4) is 11.3 Å². The summed E-state index contributed by atoms with van der Waals surface area (Å²) in [6, 6.07) is 19.2. The number of anilines is 2. The molecule has 3 aromatic rings. The Kier molecular flexibility index (Phi) is 3.72. The van der Waals surface area contributed by atoms with E-state index in [2.05, 4.69) is 27.4 Å². The second kappa shape index (κ2) is 5.82. The molecule has 1 N–H and O–H groups in total. The van der Waals surface area contributed by atoms with Crippen LogP contribution in [-0.2, 0) is 0 Å². The maximum Gasteiger partial charge on any atom is 0.227 e. The highest BCUT2D eigenvalue weighted by Gasteiger charge is 2.08. The van der Waals surface area contributed by atoms with Crippen LogP contribution < -0.4 is 5.32 Å². The summed E-state index contributed by atoms with van der Waals surface area (Å²) < 4.78 is 0. The Labute approximate surface area is 128 Å². The molecular formula is C17H12ClN3. The van der Waals surface area contributed by atoms with Crippen molar-refractivity contribution in [1.29, 1.82) is 0 Å². The zero-order valence-electron chi connectivity index (χ0n) is 11.4. The van der Waals surface area contributed by atoms with Gasteiger partial charge in [0.1, 0.15) is 0 Å². The maximum atomic E-state index is 6.19. The largest absolute Gasteiger partial charge is 0.324 e. The van der Waals surface area contributed by atoms with E-state index in [1.807, 2.05) is 37.3 Å². The predicted molar refractivity (Wildman–Crippen MR) is 84.6 cm³/mol. The molecule has 0 aliphatic heterocycles. The van der Waals surface area contributed by atoms with Crippen molar-refractivity contribution < 1.29 is 0 Å². The van der Waals surface area contributed by atoms with Gasteiger partial charge in [-0.1, -0.05) is 41.9 Å². The predicted octanol–water partition coefficient (Wildman–Crippen LogP) is 4.45. The van der Waals surface area contributed by atoms with Gasteiger partial charge in [0.2, 0.25) is 5.95 Å². The zero-order valence-corrected chi connectivity index (χ0v) is 12.1. The van der Waals surface area contributed by atoms with E-state index >= 15 is 0 Å². The van der Waals surface area contributed by atoms with Crippen LogP contribution in [0.15, 0.2) is 48.7 Å². The molecule has 1 heterocycles. The van der Waals surface area contributed by atoms with Gasteiger partial charge in [-0.2, -0.15) is 0 Å². The lowest BCUT2D eigenvalue weighted by Crippen LogP contribution is -1.99. The van der Waals surface area contributed by atoms with E-state index < -0.39 is 0 Å². The second-order valence-electron chi connectivity index (χ2n) is 4.55. The van der Waals surface area contributed by atoms with E-state index in [1.165, 1.54) is 0 Å². The van der Waals surface area contributed by atoms with Crippen LogP contribution >= 0.6 is 11.6 Å². The van der Waals surface area contributed by atoms with Crippen molar-refractivity contribution in [3.05, 3.63) is 71.4 Å². The van der Waals surface area contributed by atoms with Crippen LogP contribution in [0.25, 0.3) is 11.3 Å². The molecule has 0 radical (unpaired) electrons. The molecule has 3 nitrogen and oxygen atoms in total. The first-order valence-electron chi connectivity index (χ1n) is 6.47. The minimum atomic E-state index is 0.505. The van der Waals surface area contributed by atoms with E-state index in [0.29, 0.717) is 16.7 Å². The molecule has 0 aliphatic rings. The summed E-state index contributed by atoms with van der Waals surface area (Å²) in [5, 5.41) is 3.72. The summed E-state index contributed by atoms with van der Waals surface area (Å²) in [6.45, 7) is 2.03. The van der Waals surface area contributed by atoms with Crippen molar-refractivity contribution in [1.82, 2.24) is 9.97 Å². The smallest absolute Gasteiger partial charge is 0.227 e. The van der Waals surface area contributed by atoms with Crippen LogP contribution in [0.5, 0.6) is 0 Å². The van der Waals surface area contributed by atoms with Crippen molar-refractivity contribution in [2.24, 2.45) is 0 Å². The van der Waals surface area contributed by atoms with Gasteiger partial charge in [-0.3, -0.25) is 0 Å². The highest BCUT2D eigenvalue weighted by molar-refractivity contribution is 6.32. The number of rotatable bonds is 3. The number of hydrogen-bond acceptors (Lipinski definition) is 3. The van der Waals surface area contributed by atoms with Crippen molar-refractivity contribution in [3.63, 3.8) is 0 Å². The molecule has 3 rings (SSSR count). The van der Waals surface area contributed by atoms with Crippen LogP contribution in [0.3, 0.4) is 0 Å². The topological polar surface area (TPSA) is 37.8 Å². The molecule has 0 aliphatic carbocycles. The molecule has 0 saturated carbocycles. The highest BCUT2D eigenvalue weighted by atomic mass is 35.5. The molecule has 2 aromatic carbocycles. The molecular weight excluding hydrogens is 282 g/mol. The van der Waals surface area contributed by atoms with Crippen molar-refractivity contribution >= 4 is 23.2 Å². The number of nitrogens with one attached hydrogen (secondary N) is 1.